The van der Waals surface area contributed by atoms with Crippen LogP contribution >= 0.6 is 0 Å². The third kappa shape index (κ3) is 21.5. The fourth-order valence-electron chi connectivity index (χ4n) is 6.55. The van der Waals surface area contributed by atoms with Gasteiger partial charge in [0.15, 0.2) is 0 Å². The number of aromatic hydroxyl groups is 1. The van der Waals surface area contributed by atoms with Crippen molar-refractivity contribution in [3.8, 4) is 34.5 Å². The molecule has 0 radical (unpaired) electrons. The van der Waals surface area contributed by atoms with E-state index in [9.17, 15) is 36.2 Å². The van der Waals surface area contributed by atoms with Crippen molar-refractivity contribution >= 4 is 58.0 Å². The van der Waals surface area contributed by atoms with Gasteiger partial charge >= 0.3 is 37.7 Å². The topological polar surface area (TPSA) is 173 Å². The Hall–Kier alpha value is -2.84. The summed E-state index contributed by atoms with van der Waals surface area (Å²) in [6, 6.07) is 20.9. The number of unbranched alkanes of at least 4 members (excludes halogenated alkanes) is 16. The SMILES string of the molecule is CCCCCCCCCCCc1cc(S(=O)(=O)O)ccc1Oc1ccc(O)cc1.CCCCCCCCCCCc1cc(S(=O)(=O)[O-])ccc1Oc1ccc([O-])cc1.[Ca+2]. The van der Waals surface area contributed by atoms with Crippen LogP contribution in [0.2, 0.25) is 0 Å². The zero-order chi connectivity index (χ0) is 42.2. The second-order valence-electron chi connectivity index (χ2n) is 14.8. The van der Waals surface area contributed by atoms with E-state index in [-0.39, 0.29) is 59.0 Å². The van der Waals surface area contributed by atoms with Crippen molar-refractivity contribution in [1.29, 1.82) is 0 Å². The summed E-state index contributed by atoms with van der Waals surface area (Å²) in [5.74, 6) is 2.15. The number of phenolic OH excluding ortho intramolecular Hbond substituents is 1. The van der Waals surface area contributed by atoms with Crippen molar-refractivity contribution in [2.45, 2.75) is 152 Å². The molecule has 0 fully saturated rings. The van der Waals surface area contributed by atoms with E-state index in [2.05, 4.69) is 13.8 Å². The van der Waals surface area contributed by atoms with Crippen LogP contribution in [0.3, 0.4) is 0 Å². The van der Waals surface area contributed by atoms with Gasteiger partial charge in [-0.15, -0.1) is 5.75 Å². The number of aryl methyl sites for hydroxylation is 2. The van der Waals surface area contributed by atoms with Crippen LogP contribution in [-0.2, 0) is 33.1 Å². The van der Waals surface area contributed by atoms with Crippen LogP contribution in [0, 0.1) is 0 Å². The summed E-state index contributed by atoms with van der Waals surface area (Å²) in [5, 5.41) is 20.6. The number of benzene rings is 4. The van der Waals surface area contributed by atoms with E-state index >= 15 is 0 Å². The Balaban J connectivity index is 0.000000400. The molecule has 0 saturated carbocycles. The number of phenols is 1. The maximum Gasteiger partial charge on any atom is 2.00 e. The summed E-state index contributed by atoms with van der Waals surface area (Å²) in [7, 11) is -8.78. The first kappa shape index (κ1) is 52.3. The van der Waals surface area contributed by atoms with E-state index in [4.69, 9.17) is 9.47 Å². The Labute approximate surface area is 383 Å². The van der Waals surface area contributed by atoms with Crippen LogP contribution in [-0.4, -0.2) is 68.8 Å². The van der Waals surface area contributed by atoms with Crippen molar-refractivity contribution in [1.82, 2.24) is 0 Å². The molecule has 0 aliphatic carbocycles. The summed E-state index contributed by atoms with van der Waals surface area (Å²) in [5.41, 5.74) is 1.44. The zero-order valence-electron chi connectivity index (χ0n) is 34.9. The fraction of sp³-hybridized carbons (Fsp3) is 0.478. The molecule has 10 nitrogen and oxygen atoms in total. The fourth-order valence-corrected chi connectivity index (χ4v) is 7.60. The monoisotopic (exact) mass is 878 g/mol. The molecule has 0 saturated heterocycles. The largest absolute Gasteiger partial charge is 2.00 e. The number of ether oxygens (including phenoxy) is 2. The van der Waals surface area contributed by atoms with Gasteiger partial charge in [0.05, 0.1) is 9.79 Å². The third-order valence-electron chi connectivity index (χ3n) is 9.87. The molecule has 0 spiro atoms. The molecule has 0 atom stereocenters. The van der Waals surface area contributed by atoms with Crippen LogP contribution < -0.4 is 14.6 Å². The van der Waals surface area contributed by atoms with E-state index in [1.807, 2.05) is 0 Å². The van der Waals surface area contributed by atoms with Gasteiger partial charge in [-0.25, -0.2) is 8.42 Å². The predicted octanol–water partition coefficient (Wildman–Crippen LogP) is 11.7. The van der Waals surface area contributed by atoms with E-state index in [1.165, 1.54) is 132 Å². The quantitative estimate of drug-likeness (QED) is 0.0351. The molecular formula is C46H62CaO10S2. The van der Waals surface area contributed by atoms with E-state index in [0.717, 1.165) is 44.1 Å². The summed E-state index contributed by atoms with van der Waals surface area (Å²) in [6.45, 7) is 4.43. The summed E-state index contributed by atoms with van der Waals surface area (Å²) in [4.78, 5) is -0.368. The molecule has 4 rings (SSSR count). The van der Waals surface area contributed by atoms with Crippen molar-refractivity contribution < 1.29 is 45.6 Å². The Morgan fingerprint density at radius 3 is 1.25 bits per heavy atom. The van der Waals surface area contributed by atoms with Gasteiger partial charge in [-0.1, -0.05) is 129 Å². The van der Waals surface area contributed by atoms with Gasteiger partial charge < -0.3 is 24.2 Å². The Morgan fingerprint density at radius 1 is 0.508 bits per heavy atom. The minimum Gasteiger partial charge on any atom is -0.872 e. The molecule has 0 aromatic heterocycles. The van der Waals surface area contributed by atoms with Gasteiger partial charge in [-0.05, 0) is 110 Å². The zero-order valence-corrected chi connectivity index (χ0v) is 38.8. The molecule has 0 unspecified atom stereocenters. The standard InChI is InChI=1S/2C23H32O5S.Ca/c2*1-2-3-4-5-6-7-8-9-10-11-19-18-22(29(25,26)27)16-17-23(19)28-21-14-12-20(24)13-15-21;/h2*12-18,24H,2-11H2,1H3,(H,25,26,27);/q;;+2/p-2. The van der Waals surface area contributed by atoms with E-state index in [1.54, 1.807) is 30.3 Å². The van der Waals surface area contributed by atoms with Crippen LogP contribution in [0.4, 0.5) is 0 Å². The molecule has 0 aliphatic rings. The number of rotatable bonds is 26. The predicted molar refractivity (Wildman–Crippen MR) is 232 cm³/mol. The molecule has 0 amide bonds. The molecule has 0 bridgehead atoms. The van der Waals surface area contributed by atoms with Crippen molar-refractivity contribution in [2.24, 2.45) is 0 Å². The van der Waals surface area contributed by atoms with Crippen molar-refractivity contribution in [3.05, 3.63) is 96.1 Å². The summed E-state index contributed by atoms with van der Waals surface area (Å²) in [6.07, 6.45) is 22.9. The van der Waals surface area contributed by atoms with Crippen molar-refractivity contribution in [2.75, 3.05) is 0 Å². The van der Waals surface area contributed by atoms with Crippen molar-refractivity contribution in [3.63, 3.8) is 0 Å². The van der Waals surface area contributed by atoms with Gasteiger partial charge in [0.1, 0.15) is 38.9 Å². The number of hydrogen-bond donors (Lipinski definition) is 2. The number of hydrogen-bond acceptors (Lipinski definition) is 9. The van der Waals surface area contributed by atoms with Crippen LogP contribution in [0.15, 0.2) is 94.7 Å². The molecule has 59 heavy (non-hydrogen) atoms. The van der Waals surface area contributed by atoms with Crippen LogP contribution in [0.25, 0.3) is 0 Å². The average molecular weight is 879 g/mol. The molecule has 2 N–H and O–H groups in total. The Kier molecular flexibility index (Phi) is 25.4. The maximum atomic E-state index is 11.5. The van der Waals surface area contributed by atoms with Gasteiger partial charge in [-0.2, -0.15) is 8.42 Å². The first-order chi connectivity index (χ1) is 27.8. The van der Waals surface area contributed by atoms with Crippen LogP contribution in [0.5, 0.6) is 34.5 Å². The Morgan fingerprint density at radius 2 is 0.864 bits per heavy atom. The molecule has 4 aromatic carbocycles. The van der Waals surface area contributed by atoms with Gasteiger partial charge in [0, 0.05) is 0 Å². The van der Waals surface area contributed by atoms with E-state index in [0.29, 0.717) is 41.4 Å². The average Bonchev–Trinajstić information content (AvgIpc) is 3.18. The molecule has 320 valence electrons. The van der Waals surface area contributed by atoms with Gasteiger partial charge in [-0.3, -0.25) is 4.55 Å². The first-order valence-corrected chi connectivity index (χ1v) is 23.8. The summed E-state index contributed by atoms with van der Waals surface area (Å²) < 4.78 is 78.2. The molecule has 0 heterocycles. The smallest absolute Gasteiger partial charge is 0.872 e. The normalized spacial score (nSPS) is 11.3. The molecule has 4 aromatic rings. The van der Waals surface area contributed by atoms with Gasteiger partial charge in [0.2, 0.25) is 0 Å². The van der Waals surface area contributed by atoms with E-state index < -0.39 is 20.2 Å². The second-order valence-corrected chi connectivity index (χ2v) is 17.6. The molecule has 13 heteroatoms. The second kappa shape index (κ2) is 28.6. The summed E-state index contributed by atoms with van der Waals surface area (Å²) >= 11 is 0. The maximum absolute atomic E-state index is 11.5. The molecular weight excluding hydrogens is 817 g/mol. The minimum absolute atomic E-state index is 0. The Bertz CT molecular complexity index is 1840. The molecule has 0 aliphatic heterocycles. The first-order valence-electron chi connectivity index (χ1n) is 20.9. The van der Waals surface area contributed by atoms with Crippen LogP contribution in [0.1, 0.15) is 141 Å². The third-order valence-corrected chi connectivity index (χ3v) is 11.5. The minimum atomic E-state index is -4.52. The van der Waals surface area contributed by atoms with Gasteiger partial charge in [0.25, 0.3) is 10.1 Å².